The molecule has 0 aromatic heterocycles. The summed E-state index contributed by atoms with van der Waals surface area (Å²) in [6, 6.07) is 20.2. The summed E-state index contributed by atoms with van der Waals surface area (Å²) in [7, 11) is 3.16. The molecule has 1 N–H and O–H groups in total. The summed E-state index contributed by atoms with van der Waals surface area (Å²) in [4.78, 5) is 28.9. The molecule has 6 nitrogen and oxygen atoms in total. The second-order valence-corrected chi connectivity index (χ2v) is 8.97. The molecule has 0 unspecified atom stereocenters. The van der Waals surface area contributed by atoms with Crippen LogP contribution in [0.1, 0.15) is 34.0 Å². The van der Waals surface area contributed by atoms with Gasteiger partial charge in [-0.2, -0.15) is 0 Å². The molecule has 176 valence electrons. The quantitative estimate of drug-likeness (QED) is 0.537. The van der Waals surface area contributed by atoms with Gasteiger partial charge in [0, 0.05) is 36.2 Å². The van der Waals surface area contributed by atoms with Crippen molar-refractivity contribution in [2.24, 2.45) is 0 Å². The fourth-order valence-electron chi connectivity index (χ4n) is 4.28. The summed E-state index contributed by atoms with van der Waals surface area (Å²) in [6.45, 7) is 2.38. The van der Waals surface area contributed by atoms with Crippen LogP contribution in [-0.2, 0) is 24.3 Å². The Morgan fingerprint density at radius 2 is 1.65 bits per heavy atom. The van der Waals surface area contributed by atoms with Crippen LogP contribution in [0.2, 0.25) is 5.02 Å². The number of fused-ring (bicyclic) bond motifs is 1. The van der Waals surface area contributed by atoms with E-state index in [-0.39, 0.29) is 18.4 Å². The molecule has 1 heterocycles. The maximum absolute atomic E-state index is 13.6. The molecule has 1 atom stereocenters. The second kappa shape index (κ2) is 9.77. The van der Waals surface area contributed by atoms with Crippen molar-refractivity contribution >= 4 is 23.4 Å². The van der Waals surface area contributed by atoms with Gasteiger partial charge < -0.3 is 19.7 Å². The number of methoxy groups -OCH3 is 2. The molecular weight excluding hydrogens is 452 g/mol. The summed E-state index contributed by atoms with van der Waals surface area (Å²) in [5.74, 6) is 0.828. The molecule has 1 aliphatic rings. The van der Waals surface area contributed by atoms with Crippen LogP contribution >= 0.6 is 11.6 Å². The number of rotatable bonds is 7. The molecule has 0 fully saturated rings. The Bertz CT molecular complexity index is 1190. The Labute approximate surface area is 204 Å². The first-order valence-corrected chi connectivity index (χ1v) is 11.4. The topological polar surface area (TPSA) is 67.9 Å². The summed E-state index contributed by atoms with van der Waals surface area (Å²) in [6.07, 6.45) is 0.405. The molecule has 3 aromatic rings. The second-order valence-electron chi connectivity index (χ2n) is 8.53. The Morgan fingerprint density at radius 3 is 2.29 bits per heavy atom. The maximum atomic E-state index is 13.6. The van der Waals surface area contributed by atoms with Crippen molar-refractivity contribution in [2.45, 2.75) is 32.0 Å². The predicted octanol–water partition coefficient (Wildman–Crippen LogP) is 4.63. The molecule has 34 heavy (non-hydrogen) atoms. The van der Waals surface area contributed by atoms with Gasteiger partial charge in [0.15, 0.2) is 0 Å². The number of carbonyl (C=O) groups excluding carboxylic acids is 2. The summed E-state index contributed by atoms with van der Waals surface area (Å²) < 4.78 is 10.8. The molecule has 0 bridgehead atoms. The monoisotopic (exact) mass is 478 g/mol. The van der Waals surface area contributed by atoms with Crippen molar-refractivity contribution in [1.82, 2.24) is 10.2 Å². The Balaban J connectivity index is 1.67. The number of hydrogen-bond donors (Lipinski definition) is 1. The lowest BCUT2D eigenvalue weighted by Gasteiger charge is -2.44. The highest BCUT2D eigenvalue weighted by molar-refractivity contribution is 6.30. The van der Waals surface area contributed by atoms with Crippen LogP contribution in [0.15, 0.2) is 66.7 Å². The standard InChI is InChI=1S/C27H27ClN2O4/c1-27(26(32)29-16-18-8-10-21(28)11-9-18)15-20-6-4-5-7-24(20)25(31)30(27)17-19-12-22(33-2)14-23(13-19)34-3/h4-14H,15-17H2,1-3H3,(H,29,32)/t27-/m1/s1. The van der Waals surface area contributed by atoms with Crippen molar-refractivity contribution in [1.29, 1.82) is 0 Å². The summed E-state index contributed by atoms with van der Waals surface area (Å²) in [5.41, 5.74) is 2.11. The van der Waals surface area contributed by atoms with Gasteiger partial charge in [0.05, 0.1) is 14.2 Å². The van der Waals surface area contributed by atoms with Gasteiger partial charge in [0.2, 0.25) is 5.91 Å². The van der Waals surface area contributed by atoms with E-state index >= 15 is 0 Å². The predicted molar refractivity (Wildman–Crippen MR) is 131 cm³/mol. The molecule has 0 radical (unpaired) electrons. The van der Waals surface area contributed by atoms with Gasteiger partial charge in [0.1, 0.15) is 17.0 Å². The third kappa shape index (κ3) is 4.73. The van der Waals surface area contributed by atoms with Crippen LogP contribution in [0, 0.1) is 0 Å². The van der Waals surface area contributed by atoms with Gasteiger partial charge in [-0.05, 0) is 53.9 Å². The third-order valence-corrected chi connectivity index (χ3v) is 6.48. The van der Waals surface area contributed by atoms with E-state index in [1.807, 2.05) is 55.5 Å². The van der Waals surface area contributed by atoms with Crippen LogP contribution < -0.4 is 14.8 Å². The molecule has 7 heteroatoms. The zero-order chi connectivity index (χ0) is 24.3. The van der Waals surface area contributed by atoms with Crippen molar-refractivity contribution in [3.63, 3.8) is 0 Å². The number of amides is 2. The zero-order valence-corrected chi connectivity index (χ0v) is 20.2. The Morgan fingerprint density at radius 1 is 1.00 bits per heavy atom. The number of carbonyl (C=O) groups is 2. The highest BCUT2D eigenvalue weighted by Gasteiger charge is 2.46. The van der Waals surface area contributed by atoms with Crippen LogP contribution in [-0.4, -0.2) is 36.5 Å². The van der Waals surface area contributed by atoms with Gasteiger partial charge >= 0.3 is 0 Å². The smallest absolute Gasteiger partial charge is 0.255 e. The van der Waals surface area contributed by atoms with Gasteiger partial charge in [-0.3, -0.25) is 9.59 Å². The molecule has 0 spiro atoms. The van der Waals surface area contributed by atoms with Crippen molar-refractivity contribution in [3.8, 4) is 11.5 Å². The molecule has 4 rings (SSSR count). The van der Waals surface area contributed by atoms with Crippen LogP contribution in [0.3, 0.4) is 0 Å². The third-order valence-electron chi connectivity index (χ3n) is 6.23. The molecule has 1 aliphatic heterocycles. The number of hydrogen-bond acceptors (Lipinski definition) is 4. The van der Waals surface area contributed by atoms with E-state index in [1.54, 1.807) is 37.3 Å². The minimum atomic E-state index is -1.09. The first kappa shape index (κ1) is 23.6. The number of halogens is 1. The van der Waals surface area contributed by atoms with E-state index in [1.165, 1.54) is 0 Å². The van der Waals surface area contributed by atoms with E-state index < -0.39 is 5.54 Å². The number of nitrogens with zero attached hydrogens (tertiary/aromatic N) is 1. The lowest BCUT2D eigenvalue weighted by Crippen LogP contribution is -2.62. The maximum Gasteiger partial charge on any atom is 0.255 e. The fourth-order valence-corrected chi connectivity index (χ4v) is 4.41. The first-order chi connectivity index (χ1) is 16.3. The molecule has 0 aliphatic carbocycles. The van der Waals surface area contributed by atoms with E-state index in [4.69, 9.17) is 21.1 Å². The van der Waals surface area contributed by atoms with Crippen molar-refractivity contribution in [3.05, 3.63) is 94.0 Å². The highest BCUT2D eigenvalue weighted by Crippen LogP contribution is 2.34. The molecule has 0 saturated heterocycles. The van der Waals surface area contributed by atoms with E-state index in [0.29, 0.717) is 35.1 Å². The molecule has 2 amide bonds. The van der Waals surface area contributed by atoms with E-state index in [2.05, 4.69) is 5.32 Å². The highest BCUT2D eigenvalue weighted by atomic mass is 35.5. The fraction of sp³-hybridized carbons (Fsp3) is 0.259. The lowest BCUT2D eigenvalue weighted by molar-refractivity contribution is -0.132. The lowest BCUT2D eigenvalue weighted by atomic mass is 9.82. The SMILES string of the molecule is COc1cc(CN2C(=O)c3ccccc3C[C@]2(C)C(=O)NCc2ccc(Cl)cc2)cc(OC)c1. The molecular formula is C27H27ClN2O4. The zero-order valence-electron chi connectivity index (χ0n) is 19.4. The Kier molecular flexibility index (Phi) is 6.80. The van der Waals surface area contributed by atoms with Gasteiger partial charge in [0.25, 0.3) is 5.91 Å². The van der Waals surface area contributed by atoms with E-state index in [9.17, 15) is 9.59 Å². The number of ether oxygens (including phenoxy) is 2. The first-order valence-electron chi connectivity index (χ1n) is 11.0. The average Bonchev–Trinajstić information content (AvgIpc) is 2.85. The van der Waals surface area contributed by atoms with Gasteiger partial charge in [-0.15, -0.1) is 0 Å². The van der Waals surface area contributed by atoms with Crippen LogP contribution in [0.4, 0.5) is 0 Å². The van der Waals surface area contributed by atoms with Crippen LogP contribution in [0.25, 0.3) is 0 Å². The normalized spacial score (nSPS) is 17.2. The molecule has 0 saturated carbocycles. The largest absolute Gasteiger partial charge is 0.497 e. The van der Waals surface area contributed by atoms with E-state index in [0.717, 1.165) is 16.7 Å². The number of nitrogens with one attached hydrogen (secondary N) is 1. The van der Waals surface area contributed by atoms with Gasteiger partial charge in [-0.1, -0.05) is 41.9 Å². The van der Waals surface area contributed by atoms with Crippen molar-refractivity contribution in [2.75, 3.05) is 14.2 Å². The van der Waals surface area contributed by atoms with Crippen molar-refractivity contribution < 1.29 is 19.1 Å². The summed E-state index contributed by atoms with van der Waals surface area (Å²) in [5, 5.41) is 3.65. The Hall–Kier alpha value is -3.51. The number of benzene rings is 3. The molecule has 3 aromatic carbocycles. The average molecular weight is 479 g/mol. The summed E-state index contributed by atoms with van der Waals surface area (Å²) >= 11 is 5.97. The van der Waals surface area contributed by atoms with Crippen LogP contribution in [0.5, 0.6) is 11.5 Å². The minimum Gasteiger partial charge on any atom is -0.497 e. The van der Waals surface area contributed by atoms with Gasteiger partial charge in [-0.25, -0.2) is 0 Å². The minimum absolute atomic E-state index is 0.187.